The van der Waals surface area contributed by atoms with E-state index in [-0.39, 0.29) is 6.10 Å². The van der Waals surface area contributed by atoms with E-state index in [2.05, 4.69) is 20.6 Å². The Balaban J connectivity index is 2.18. The summed E-state index contributed by atoms with van der Waals surface area (Å²) in [6, 6.07) is 0. The molecule has 84 valence electrons. The zero-order chi connectivity index (χ0) is 11.1. The van der Waals surface area contributed by atoms with Gasteiger partial charge in [0.05, 0.1) is 11.8 Å². The van der Waals surface area contributed by atoms with Crippen molar-refractivity contribution in [2.24, 2.45) is 0 Å². The standard InChI is InChI=1S/C10H18N4O/c1-8(15)7-11-3-4-13-10-9(2)12-5-6-14-10/h5-6,8,11,15H,3-4,7H2,1-2H3,(H,13,14). The van der Waals surface area contributed by atoms with E-state index in [1.807, 2.05) is 6.92 Å². The third-order valence-electron chi connectivity index (χ3n) is 1.92. The van der Waals surface area contributed by atoms with E-state index in [9.17, 15) is 0 Å². The molecule has 0 bridgehead atoms. The second kappa shape index (κ2) is 6.31. The first-order valence-corrected chi connectivity index (χ1v) is 5.10. The SMILES string of the molecule is Cc1nccnc1NCCNCC(C)O. The number of hydrogen-bond acceptors (Lipinski definition) is 5. The van der Waals surface area contributed by atoms with Gasteiger partial charge in [-0.05, 0) is 13.8 Å². The lowest BCUT2D eigenvalue weighted by Crippen LogP contribution is -2.29. The fraction of sp³-hybridized carbons (Fsp3) is 0.600. The van der Waals surface area contributed by atoms with Crippen LogP contribution in [0.15, 0.2) is 12.4 Å². The van der Waals surface area contributed by atoms with Crippen molar-refractivity contribution in [1.82, 2.24) is 15.3 Å². The van der Waals surface area contributed by atoms with Crippen molar-refractivity contribution in [3.05, 3.63) is 18.1 Å². The van der Waals surface area contributed by atoms with Crippen LogP contribution in [0.3, 0.4) is 0 Å². The average Bonchev–Trinajstić information content (AvgIpc) is 2.20. The number of hydrogen-bond donors (Lipinski definition) is 3. The number of aliphatic hydroxyl groups is 1. The highest BCUT2D eigenvalue weighted by atomic mass is 16.3. The molecule has 0 fully saturated rings. The molecular weight excluding hydrogens is 192 g/mol. The van der Waals surface area contributed by atoms with Gasteiger partial charge in [-0.1, -0.05) is 0 Å². The van der Waals surface area contributed by atoms with Gasteiger partial charge in [-0.25, -0.2) is 4.98 Å². The summed E-state index contributed by atoms with van der Waals surface area (Å²) in [7, 11) is 0. The Kier molecular flexibility index (Phi) is 5.00. The number of aromatic nitrogens is 2. The molecule has 1 aromatic rings. The molecular formula is C10H18N4O. The smallest absolute Gasteiger partial charge is 0.147 e. The molecule has 0 aliphatic rings. The Morgan fingerprint density at radius 3 is 2.73 bits per heavy atom. The van der Waals surface area contributed by atoms with Crippen molar-refractivity contribution in [2.45, 2.75) is 20.0 Å². The monoisotopic (exact) mass is 210 g/mol. The molecule has 15 heavy (non-hydrogen) atoms. The molecule has 3 N–H and O–H groups in total. The topological polar surface area (TPSA) is 70.1 Å². The zero-order valence-corrected chi connectivity index (χ0v) is 9.20. The van der Waals surface area contributed by atoms with E-state index in [1.54, 1.807) is 19.3 Å². The van der Waals surface area contributed by atoms with Gasteiger partial charge in [-0.3, -0.25) is 4.98 Å². The van der Waals surface area contributed by atoms with E-state index in [1.165, 1.54) is 0 Å². The van der Waals surface area contributed by atoms with E-state index >= 15 is 0 Å². The van der Waals surface area contributed by atoms with Gasteiger partial charge < -0.3 is 15.7 Å². The normalized spacial score (nSPS) is 12.5. The maximum atomic E-state index is 9.01. The maximum absolute atomic E-state index is 9.01. The van der Waals surface area contributed by atoms with Gasteiger partial charge in [0, 0.05) is 32.0 Å². The van der Waals surface area contributed by atoms with Crippen LogP contribution >= 0.6 is 0 Å². The molecule has 0 radical (unpaired) electrons. The molecule has 5 nitrogen and oxygen atoms in total. The second-order valence-corrected chi connectivity index (χ2v) is 3.47. The minimum atomic E-state index is -0.303. The summed E-state index contributed by atoms with van der Waals surface area (Å²) >= 11 is 0. The predicted octanol–water partition coefficient (Wildman–Crippen LogP) is 0.167. The van der Waals surface area contributed by atoms with Crippen molar-refractivity contribution in [1.29, 1.82) is 0 Å². The van der Waals surface area contributed by atoms with Crippen LogP contribution < -0.4 is 10.6 Å². The predicted molar refractivity (Wildman–Crippen MR) is 59.8 cm³/mol. The van der Waals surface area contributed by atoms with E-state index < -0.39 is 0 Å². The van der Waals surface area contributed by atoms with Crippen LogP contribution in [0.2, 0.25) is 0 Å². The lowest BCUT2D eigenvalue weighted by molar-refractivity contribution is 0.192. The van der Waals surface area contributed by atoms with Gasteiger partial charge in [0.25, 0.3) is 0 Å². The Bertz CT molecular complexity index is 291. The Labute approximate surface area is 90.0 Å². The van der Waals surface area contributed by atoms with Crippen molar-refractivity contribution in [3.63, 3.8) is 0 Å². The minimum absolute atomic E-state index is 0.303. The number of aryl methyl sites for hydroxylation is 1. The van der Waals surface area contributed by atoms with Crippen LogP contribution in [0.5, 0.6) is 0 Å². The van der Waals surface area contributed by atoms with E-state index in [0.29, 0.717) is 6.54 Å². The highest BCUT2D eigenvalue weighted by Gasteiger charge is 1.98. The summed E-state index contributed by atoms with van der Waals surface area (Å²) in [6.45, 7) is 5.85. The maximum Gasteiger partial charge on any atom is 0.147 e. The number of nitrogens with zero attached hydrogens (tertiary/aromatic N) is 2. The van der Waals surface area contributed by atoms with Crippen LogP contribution in [0.1, 0.15) is 12.6 Å². The molecule has 1 aromatic heterocycles. The fourth-order valence-corrected chi connectivity index (χ4v) is 1.16. The Hall–Kier alpha value is -1.20. The molecule has 0 aliphatic heterocycles. The molecule has 1 atom stereocenters. The summed E-state index contributed by atoms with van der Waals surface area (Å²) in [5.41, 5.74) is 0.896. The van der Waals surface area contributed by atoms with E-state index in [0.717, 1.165) is 24.6 Å². The van der Waals surface area contributed by atoms with Gasteiger partial charge >= 0.3 is 0 Å². The number of aliphatic hydroxyl groups excluding tert-OH is 1. The molecule has 0 aromatic carbocycles. The highest BCUT2D eigenvalue weighted by molar-refractivity contribution is 5.37. The summed E-state index contributed by atoms with van der Waals surface area (Å²) in [5.74, 6) is 0.816. The molecule has 0 saturated heterocycles. The highest BCUT2D eigenvalue weighted by Crippen LogP contribution is 2.04. The van der Waals surface area contributed by atoms with Gasteiger partial charge in [-0.2, -0.15) is 0 Å². The molecule has 1 heterocycles. The van der Waals surface area contributed by atoms with Gasteiger partial charge in [0.1, 0.15) is 5.82 Å². The third-order valence-corrected chi connectivity index (χ3v) is 1.92. The van der Waals surface area contributed by atoms with Gasteiger partial charge in [0.2, 0.25) is 0 Å². The molecule has 5 heteroatoms. The summed E-state index contributed by atoms with van der Waals surface area (Å²) in [4.78, 5) is 8.28. The first-order valence-electron chi connectivity index (χ1n) is 5.10. The van der Waals surface area contributed by atoms with Crippen molar-refractivity contribution < 1.29 is 5.11 Å². The van der Waals surface area contributed by atoms with Crippen LogP contribution in [-0.2, 0) is 0 Å². The van der Waals surface area contributed by atoms with Crippen molar-refractivity contribution in [2.75, 3.05) is 25.0 Å². The summed E-state index contributed by atoms with van der Waals surface area (Å²) < 4.78 is 0. The number of rotatable bonds is 6. The van der Waals surface area contributed by atoms with Crippen molar-refractivity contribution >= 4 is 5.82 Å². The van der Waals surface area contributed by atoms with E-state index in [4.69, 9.17) is 5.11 Å². The first-order chi connectivity index (χ1) is 7.20. The molecule has 0 aliphatic carbocycles. The average molecular weight is 210 g/mol. The van der Waals surface area contributed by atoms with Crippen molar-refractivity contribution in [3.8, 4) is 0 Å². The Morgan fingerprint density at radius 1 is 1.33 bits per heavy atom. The van der Waals surface area contributed by atoms with Crippen LogP contribution in [0.4, 0.5) is 5.82 Å². The molecule has 0 saturated carbocycles. The lowest BCUT2D eigenvalue weighted by atomic mass is 10.4. The molecule has 1 unspecified atom stereocenters. The lowest BCUT2D eigenvalue weighted by Gasteiger charge is -2.09. The van der Waals surface area contributed by atoms with Crippen LogP contribution in [0.25, 0.3) is 0 Å². The van der Waals surface area contributed by atoms with Gasteiger partial charge in [-0.15, -0.1) is 0 Å². The first kappa shape index (κ1) is 11.9. The third kappa shape index (κ3) is 4.71. The zero-order valence-electron chi connectivity index (χ0n) is 9.20. The molecule has 1 rings (SSSR count). The number of nitrogens with one attached hydrogen (secondary N) is 2. The fourth-order valence-electron chi connectivity index (χ4n) is 1.16. The number of anilines is 1. The summed E-state index contributed by atoms with van der Waals surface area (Å²) in [6.07, 6.45) is 3.04. The molecule has 0 spiro atoms. The quantitative estimate of drug-likeness (QED) is 0.584. The second-order valence-electron chi connectivity index (χ2n) is 3.47. The van der Waals surface area contributed by atoms with Crippen LogP contribution in [-0.4, -0.2) is 40.8 Å². The largest absolute Gasteiger partial charge is 0.392 e. The Morgan fingerprint density at radius 2 is 2.07 bits per heavy atom. The molecule has 0 amide bonds. The minimum Gasteiger partial charge on any atom is -0.392 e. The van der Waals surface area contributed by atoms with Crippen LogP contribution in [0, 0.1) is 6.92 Å². The van der Waals surface area contributed by atoms with Gasteiger partial charge in [0.15, 0.2) is 0 Å². The summed E-state index contributed by atoms with van der Waals surface area (Å²) in [5, 5.41) is 15.3.